The number of nitrogens with one attached hydrogen (secondary N) is 2. The Morgan fingerprint density at radius 1 is 1.08 bits per heavy atom. The van der Waals surface area contributed by atoms with Crippen molar-refractivity contribution in [1.29, 1.82) is 0 Å². The number of hydrogen-bond donors (Lipinski definition) is 2. The summed E-state index contributed by atoms with van der Waals surface area (Å²) in [6.07, 6.45) is 6.72. The first kappa shape index (κ1) is 6.78. The Hall–Kier alpha value is -1.91. The van der Waals surface area contributed by atoms with E-state index in [4.69, 9.17) is 0 Å². The molecule has 0 aliphatic heterocycles. The van der Waals surface area contributed by atoms with Crippen LogP contribution in [-0.2, 0) is 0 Å². The first-order chi connectivity index (χ1) is 5.95. The highest BCUT2D eigenvalue weighted by molar-refractivity contribution is 5.40. The number of aromatic amines is 1. The van der Waals surface area contributed by atoms with Crippen LogP contribution in [0.2, 0.25) is 0 Å². The molecular formula is C7H7N5. The van der Waals surface area contributed by atoms with Crippen molar-refractivity contribution in [2.24, 2.45) is 0 Å². The summed E-state index contributed by atoms with van der Waals surface area (Å²) in [5.41, 5.74) is 0. The molecule has 0 saturated heterocycles. The van der Waals surface area contributed by atoms with Gasteiger partial charge in [0.15, 0.2) is 0 Å². The van der Waals surface area contributed by atoms with Gasteiger partial charge in [0.25, 0.3) is 0 Å². The van der Waals surface area contributed by atoms with Crippen LogP contribution in [0.4, 0.5) is 11.9 Å². The summed E-state index contributed by atoms with van der Waals surface area (Å²) in [7, 11) is 0. The molecule has 0 spiro atoms. The summed E-state index contributed by atoms with van der Waals surface area (Å²) >= 11 is 0. The van der Waals surface area contributed by atoms with Gasteiger partial charge in [-0.05, 0) is 6.07 Å². The van der Waals surface area contributed by atoms with Crippen molar-refractivity contribution in [3.63, 3.8) is 0 Å². The molecule has 2 N–H and O–H groups in total. The van der Waals surface area contributed by atoms with Crippen molar-refractivity contribution in [3.8, 4) is 0 Å². The molecule has 0 unspecified atom stereocenters. The van der Waals surface area contributed by atoms with Gasteiger partial charge in [0.1, 0.15) is 0 Å². The van der Waals surface area contributed by atoms with Crippen LogP contribution < -0.4 is 5.32 Å². The Morgan fingerprint density at radius 2 is 1.92 bits per heavy atom. The maximum atomic E-state index is 3.97. The van der Waals surface area contributed by atoms with Gasteiger partial charge in [0.2, 0.25) is 11.9 Å². The molecule has 0 radical (unpaired) electrons. The topological polar surface area (TPSA) is 66.5 Å². The zero-order chi connectivity index (χ0) is 8.23. The van der Waals surface area contributed by atoms with E-state index in [1.165, 1.54) is 0 Å². The highest BCUT2D eigenvalue weighted by atomic mass is 15.2. The third-order valence-corrected chi connectivity index (χ3v) is 1.29. The summed E-state index contributed by atoms with van der Waals surface area (Å²) in [5.74, 6) is 1.17. The molecule has 60 valence electrons. The third-order valence-electron chi connectivity index (χ3n) is 1.29. The SMILES string of the molecule is c1cnc(Nc2ncc[nH]2)nc1. The minimum atomic E-state index is 0.535. The average Bonchev–Trinajstić information content (AvgIpc) is 2.59. The lowest BCUT2D eigenvalue weighted by atomic mass is 10.7. The highest BCUT2D eigenvalue weighted by Gasteiger charge is 1.95. The normalized spacial score (nSPS) is 9.67. The Morgan fingerprint density at radius 3 is 2.58 bits per heavy atom. The van der Waals surface area contributed by atoms with Crippen LogP contribution >= 0.6 is 0 Å². The van der Waals surface area contributed by atoms with E-state index in [1.54, 1.807) is 30.9 Å². The Labute approximate surface area is 68.9 Å². The number of nitrogens with zero attached hydrogens (tertiary/aromatic N) is 3. The van der Waals surface area contributed by atoms with Gasteiger partial charge in [0.05, 0.1) is 0 Å². The van der Waals surface area contributed by atoms with Crippen LogP contribution in [0.3, 0.4) is 0 Å². The maximum absolute atomic E-state index is 3.97. The molecule has 5 heteroatoms. The van der Waals surface area contributed by atoms with Crippen molar-refractivity contribution in [3.05, 3.63) is 30.9 Å². The molecule has 12 heavy (non-hydrogen) atoms. The predicted octanol–water partition coefficient (Wildman–Crippen LogP) is 0.943. The van der Waals surface area contributed by atoms with E-state index < -0.39 is 0 Å². The zero-order valence-corrected chi connectivity index (χ0v) is 6.23. The second-order valence-electron chi connectivity index (χ2n) is 2.14. The van der Waals surface area contributed by atoms with Crippen LogP contribution in [0.25, 0.3) is 0 Å². The largest absolute Gasteiger partial charge is 0.331 e. The fourth-order valence-electron chi connectivity index (χ4n) is 0.803. The number of imidazole rings is 1. The zero-order valence-electron chi connectivity index (χ0n) is 6.23. The van der Waals surface area contributed by atoms with Crippen molar-refractivity contribution < 1.29 is 0 Å². The monoisotopic (exact) mass is 161 g/mol. The second-order valence-corrected chi connectivity index (χ2v) is 2.14. The summed E-state index contributed by atoms with van der Waals surface area (Å²) in [6, 6.07) is 1.76. The lowest BCUT2D eigenvalue weighted by molar-refractivity contribution is 1.14. The van der Waals surface area contributed by atoms with Gasteiger partial charge in [-0.2, -0.15) is 0 Å². The summed E-state index contributed by atoms with van der Waals surface area (Å²) in [6.45, 7) is 0. The molecule has 0 aliphatic carbocycles. The lowest BCUT2D eigenvalue weighted by Crippen LogP contribution is -1.96. The van der Waals surface area contributed by atoms with Crippen molar-refractivity contribution in [2.45, 2.75) is 0 Å². The average molecular weight is 161 g/mol. The highest BCUT2D eigenvalue weighted by Crippen LogP contribution is 2.03. The number of H-pyrrole nitrogens is 1. The van der Waals surface area contributed by atoms with E-state index in [9.17, 15) is 0 Å². The van der Waals surface area contributed by atoms with Crippen LogP contribution in [0, 0.1) is 0 Å². The minimum Gasteiger partial charge on any atom is -0.331 e. The number of aromatic nitrogens is 4. The van der Waals surface area contributed by atoms with Gasteiger partial charge in [0, 0.05) is 24.8 Å². The van der Waals surface area contributed by atoms with Gasteiger partial charge in [-0.15, -0.1) is 0 Å². The summed E-state index contributed by atoms with van der Waals surface area (Å²) < 4.78 is 0. The number of rotatable bonds is 2. The second kappa shape index (κ2) is 3.00. The number of anilines is 2. The first-order valence-corrected chi connectivity index (χ1v) is 3.48. The molecular weight excluding hydrogens is 154 g/mol. The van der Waals surface area contributed by atoms with E-state index in [-0.39, 0.29) is 0 Å². The van der Waals surface area contributed by atoms with E-state index in [2.05, 4.69) is 25.3 Å². The quantitative estimate of drug-likeness (QED) is 0.688. The van der Waals surface area contributed by atoms with Crippen LogP contribution in [0.1, 0.15) is 0 Å². The summed E-state index contributed by atoms with van der Waals surface area (Å²) in [5, 5.41) is 2.90. The molecule has 2 aromatic rings. The van der Waals surface area contributed by atoms with E-state index in [0.717, 1.165) is 0 Å². The fourth-order valence-corrected chi connectivity index (χ4v) is 0.803. The minimum absolute atomic E-state index is 0.535. The van der Waals surface area contributed by atoms with Gasteiger partial charge < -0.3 is 4.98 Å². The first-order valence-electron chi connectivity index (χ1n) is 3.48. The molecule has 0 aliphatic rings. The lowest BCUT2D eigenvalue weighted by Gasteiger charge is -1.97. The third kappa shape index (κ3) is 1.39. The van der Waals surface area contributed by atoms with Crippen LogP contribution in [-0.4, -0.2) is 19.9 Å². The van der Waals surface area contributed by atoms with Gasteiger partial charge in [-0.1, -0.05) is 0 Å². The fraction of sp³-hybridized carbons (Fsp3) is 0. The smallest absolute Gasteiger partial charge is 0.229 e. The van der Waals surface area contributed by atoms with Crippen LogP contribution in [0.15, 0.2) is 30.9 Å². The molecule has 0 aromatic carbocycles. The summed E-state index contributed by atoms with van der Waals surface area (Å²) in [4.78, 5) is 14.8. The van der Waals surface area contributed by atoms with Gasteiger partial charge in [-0.3, -0.25) is 5.32 Å². The Kier molecular flexibility index (Phi) is 1.69. The van der Waals surface area contributed by atoms with E-state index >= 15 is 0 Å². The molecule has 0 saturated carbocycles. The molecule has 0 bridgehead atoms. The van der Waals surface area contributed by atoms with Gasteiger partial charge in [-0.25, -0.2) is 15.0 Å². The molecule has 5 nitrogen and oxygen atoms in total. The van der Waals surface area contributed by atoms with Crippen molar-refractivity contribution in [2.75, 3.05) is 5.32 Å². The van der Waals surface area contributed by atoms with Crippen molar-refractivity contribution in [1.82, 2.24) is 19.9 Å². The number of hydrogen-bond acceptors (Lipinski definition) is 4. The molecule has 0 atom stereocenters. The van der Waals surface area contributed by atoms with E-state index in [0.29, 0.717) is 11.9 Å². The molecule has 2 rings (SSSR count). The van der Waals surface area contributed by atoms with E-state index in [1.807, 2.05) is 0 Å². The van der Waals surface area contributed by atoms with Crippen LogP contribution in [0.5, 0.6) is 0 Å². The maximum Gasteiger partial charge on any atom is 0.229 e. The predicted molar refractivity (Wildman–Crippen MR) is 43.9 cm³/mol. The molecule has 2 aromatic heterocycles. The standard InChI is InChI=1S/C7H7N5/c1-2-8-6(9-3-1)12-7-10-4-5-11-7/h1-5H,(H2,8,9,10,11,12). The molecule has 0 fully saturated rings. The van der Waals surface area contributed by atoms with Gasteiger partial charge >= 0.3 is 0 Å². The Bertz CT molecular complexity index is 328. The molecule has 0 amide bonds. The Balaban J connectivity index is 2.15. The van der Waals surface area contributed by atoms with Crippen molar-refractivity contribution >= 4 is 11.9 Å². The molecule has 2 heterocycles.